The third-order valence-electron chi connectivity index (χ3n) is 7.00. The molecule has 1 aliphatic heterocycles. The zero-order chi connectivity index (χ0) is 19.7. The highest BCUT2D eigenvalue weighted by molar-refractivity contribution is 7.87. The van der Waals surface area contributed by atoms with Crippen molar-refractivity contribution in [3.63, 3.8) is 0 Å². The number of nitrogens with zero attached hydrogens (tertiary/aromatic N) is 5. The zero-order valence-electron chi connectivity index (χ0n) is 15.8. The number of H-pyrrole nitrogens is 1. The predicted octanol–water partition coefficient (Wildman–Crippen LogP) is 0.851. The Labute approximate surface area is 163 Å². The lowest BCUT2D eigenvalue weighted by molar-refractivity contribution is 0.305. The van der Waals surface area contributed by atoms with E-state index in [0.717, 1.165) is 29.7 Å². The first-order chi connectivity index (χ1) is 13.4. The Bertz CT molecular complexity index is 1070. The number of aromatic nitrogens is 3. The van der Waals surface area contributed by atoms with Gasteiger partial charge in [0.2, 0.25) is 0 Å². The van der Waals surface area contributed by atoms with Crippen molar-refractivity contribution in [3.05, 3.63) is 18.6 Å². The second-order valence-corrected chi connectivity index (χ2v) is 10.0. The number of hydrogen-bond acceptors (Lipinski definition) is 6. The summed E-state index contributed by atoms with van der Waals surface area (Å²) in [5, 5.41) is 10.4. The molecule has 5 rings (SSSR count). The minimum atomic E-state index is -3.55. The van der Waals surface area contributed by atoms with E-state index in [1.807, 2.05) is 26.2 Å². The molecule has 1 unspecified atom stereocenters. The molecule has 0 spiro atoms. The predicted molar refractivity (Wildman–Crippen MR) is 103 cm³/mol. The Morgan fingerprint density at radius 1 is 1.43 bits per heavy atom. The fourth-order valence-electron chi connectivity index (χ4n) is 4.89. The first-order valence-corrected chi connectivity index (χ1v) is 11.0. The largest absolute Gasteiger partial charge is 0.356 e. The average Bonchev–Trinajstić information content (AvgIpc) is 3.07. The van der Waals surface area contributed by atoms with Gasteiger partial charge in [-0.05, 0) is 30.7 Å². The van der Waals surface area contributed by atoms with Crippen LogP contribution >= 0.6 is 0 Å². The van der Waals surface area contributed by atoms with Crippen molar-refractivity contribution >= 4 is 27.1 Å². The number of anilines is 1. The van der Waals surface area contributed by atoms with Crippen LogP contribution in [0, 0.1) is 28.6 Å². The van der Waals surface area contributed by atoms with Crippen LogP contribution in [-0.4, -0.2) is 59.9 Å². The van der Waals surface area contributed by atoms with E-state index in [1.54, 1.807) is 0 Å². The van der Waals surface area contributed by atoms with Gasteiger partial charge in [0.05, 0.1) is 16.9 Å². The molecule has 3 fully saturated rings. The maximum absolute atomic E-state index is 12.7. The van der Waals surface area contributed by atoms with Crippen molar-refractivity contribution in [1.82, 2.24) is 24.0 Å². The van der Waals surface area contributed by atoms with Gasteiger partial charge >= 0.3 is 0 Å². The van der Waals surface area contributed by atoms with Gasteiger partial charge in [-0.25, -0.2) is 9.97 Å². The van der Waals surface area contributed by atoms with Crippen LogP contribution in [0.1, 0.15) is 19.8 Å². The van der Waals surface area contributed by atoms with Crippen LogP contribution in [0.5, 0.6) is 0 Å². The molecule has 3 aliphatic rings. The van der Waals surface area contributed by atoms with E-state index in [2.05, 4.69) is 30.6 Å². The average molecular weight is 401 g/mol. The van der Waals surface area contributed by atoms with Gasteiger partial charge < -0.3 is 9.88 Å². The molecule has 10 heteroatoms. The van der Waals surface area contributed by atoms with E-state index >= 15 is 0 Å². The maximum Gasteiger partial charge on any atom is 0.279 e. The molecule has 0 aromatic carbocycles. The number of aromatic amines is 1. The number of hydrogen-bond donors (Lipinski definition) is 2. The van der Waals surface area contributed by atoms with Gasteiger partial charge in [0.15, 0.2) is 0 Å². The van der Waals surface area contributed by atoms with Gasteiger partial charge in [-0.1, -0.05) is 6.92 Å². The van der Waals surface area contributed by atoms with Crippen molar-refractivity contribution < 1.29 is 8.42 Å². The van der Waals surface area contributed by atoms with E-state index in [9.17, 15) is 13.7 Å². The standard InChI is InChI=1S/C18H23N7O2S/c1-11-15-7-25(9-18(11,15)8-19)28(26,27)23-12-5-13(6-12)24(2)17-14-3-4-20-16(14)21-10-22-17/h3-4,10-13,15,23H,5-7,9H2,1-2H3,(H,20,21,22)/t11-,12?,13?,15?,18-/m0/s1. The molecule has 3 atom stereocenters. The highest BCUT2D eigenvalue weighted by Gasteiger charge is 2.69. The van der Waals surface area contributed by atoms with Gasteiger partial charge in [-0.15, -0.1) is 0 Å². The molecule has 1 saturated heterocycles. The molecule has 0 bridgehead atoms. The van der Waals surface area contributed by atoms with Crippen molar-refractivity contribution in [2.24, 2.45) is 17.3 Å². The third kappa shape index (κ3) is 2.46. The smallest absolute Gasteiger partial charge is 0.279 e. The molecule has 3 heterocycles. The maximum atomic E-state index is 12.7. The molecular weight excluding hydrogens is 378 g/mol. The van der Waals surface area contributed by atoms with Crippen LogP contribution in [0.3, 0.4) is 0 Å². The third-order valence-corrected chi connectivity index (χ3v) is 8.59. The van der Waals surface area contributed by atoms with E-state index in [0.29, 0.717) is 19.0 Å². The van der Waals surface area contributed by atoms with E-state index in [1.165, 1.54) is 10.6 Å². The van der Waals surface area contributed by atoms with Gasteiger partial charge in [0.25, 0.3) is 10.2 Å². The zero-order valence-corrected chi connectivity index (χ0v) is 16.6. The fraction of sp³-hybridized carbons (Fsp3) is 0.611. The van der Waals surface area contributed by atoms with Crippen molar-refractivity contribution in [1.29, 1.82) is 5.26 Å². The lowest BCUT2D eigenvalue weighted by atomic mass is 9.86. The molecular formula is C18H23N7O2S. The molecule has 2 aromatic heterocycles. The Kier molecular flexibility index (Phi) is 3.75. The summed E-state index contributed by atoms with van der Waals surface area (Å²) in [5.74, 6) is 1.32. The molecule has 9 nitrogen and oxygen atoms in total. The second kappa shape index (κ2) is 5.89. The Hall–Kier alpha value is -2.22. The SMILES string of the molecule is C[C@H]1C2CN(S(=O)(=O)NC3CC(N(C)c4ncnc5[nH]ccc45)C3)C[C@]21C#N. The first kappa shape index (κ1) is 17.8. The minimum absolute atomic E-state index is 0.0895. The van der Waals surface area contributed by atoms with Crippen molar-refractivity contribution in [2.45, 2.75) is 31.8 Å². The van der Waals surface area contributed by atoms with Gasteiger partial charge in [0.1, 0.15) is 17.8 Å². The van der Waals surface area contributed by atoms with Gasteiger partial charge in [0, 0.05) is 38.4 Å². The van der Waals surface area contributed by atoms with E-state index < -0.39 is 15.6 Å². The van der Waals surface area contributed by atoms with Crippen LogP contribution in [0.4, 0.5) is 5.82 Å². The molecule has 28 heavy (non-hydrogen) atoms. The molecule has 148 valence electrons. The van der Waals surface area contributed by atoms with Gasteiger partial charge in [-0.2, -0.15) is 22.7 Å². The second-order valence-electron chi connectivity index (χ2n) is 8.33. The van der Waals surface area contributed by atoms with Crippen LogP contribution in [0.15, 0.2) is 18.6 Å². The molecule has 0 amide bonds. The van der Waals surface area contributed by atoms with Crippen LogP contribution < -0.4 is 9.62 Å². The first-order valence-electron chi connectivity index (χ1n) is 9.55. The normalized spacial score (nSPS) is 34.6. The summed E-state index contributed by atoms with van der Waals surface area (Å²) in [4.78, 5) is 13.8. The Morgan fingerprint density at radius 3 is 2.93 bits per heavy atom. The van der Waals surface area contributed by atoms with Crippen LogP contribution in [0.2, 0.25) is 0 Å². The summed E-state index contributed by atoms with van der Waals surface area (Å²) in [6, 6.07) is 4.43. The molecule has 0 radical (unpaired) electrons. The van der Waals surface area contributed by atoms with E-state index in [4.69, 9.17) is 0 Å². The number of piperidine rings is 1. The lowest BCUT2D eigenvalue weighted by Gasteiger charge is -2.42. The van der Waals surface area contributed by atoms with Gasteiger partial charge in [-0.3, -0.25) is 0 Å². The lowest BCUT2D eigenvalue weighted by Crippen LogP contribution is -2.56. The van der Waals surface area contributed by atoms with Crippen LogP contribution in [-0.2, 0) is 10.2 Å². The monoisotopic (exact) mass is 401 g/mol. The Morgan fingerprint density at radius 2 is 2.21 bits per heavy atom. The summed E-state index contributed by atoms with van der Waals surface area (Å²) >= 11 is 0. The molecule has 2 aliphatic carbocycles. The number of nitrogens with one attached hydrogen (secondary N) is 2. The minimum Gasteiger partial charge on any atom is -0.356 e. The summed E-state index contributed by atoms with van der Waals surface area (Å²) in [7, 11) is -1.57. The number of nitriles is 1. The highest BCUT2D eigenvalue weighted by Crippen LogP contribution is 2.62. The molecule has 2 N–H and O–H groups in total. The highest BCUT2D eigenvalue weighted by atomic mass is 32.2. The van der Waals surface area contributed by atoms with Crippen molar-refractivity contribution in [3.8, 4) is 6.07 Å². The summed E-state index contributed by atoms with van der Waals surface area (Å²) in [6.45, 7) is 2.80. The molecule has 2 saturated carbocycles. The van der Waals surface area contributed by atoms with Crippen LogP contribution in [0.25, 0.3) is 11.0 Å². The fourth-order valence-corrected chi connectivity index (χ4v) is 6.39. The Balaban J connectivity index is 1.21. The van der Waals surface area contributed by atoms with Crippen molar-refractivity contribution in [2.75, 3.05) is 25.0 Å². The summed E-state index contributed by atoms with van der Waals surface area (Å²) < 4.78 is 29.7. The summed E-state index contributed by atoms with van der Waals surface area (Å²) in [6.07, 6.45) is 4.82. The quantitative estimate of drug-likeness (QED) is 0.767. The summed E-state index contributed by atoms with van der Waals surface area (Å²) in [5.41, 5.74) is 0.327. The molecule has 2 aromatic rings. The number of rotatable bonds is 5. The number of fused-ring (bicyclic) bond motifs is 2. The topological polar surface area (TPSA) is 118 Å². The van der Waals surface area contributed by atoms with E-state index in [-0.39, 0.29) is 18.0 Å².